The maximum Gasteiger partial charge on any atom is 0.164 e. The van der Waals surface area contributed by atoms with Crippen molar-refractivity contribution in [3.05, 3.63) is 224 Å². The van der Waals surface area contributed by atoms with Crippen molar-refractivity contribution in [1.29, 1.82) is 0 Å². The Balaban J connectivity index is 1.08. The first-order chi connectivity index (χ1) is 31.7. The summed E-state index contributed by atoms with van der Waals surface area (Å²) in [4.78, 5) is 25.5. The number of aromatic nitrogens is 3. The highest BCUT2D eigenvalue weighted by molar-refractivity contribution is 8.00. The Morgan fingerprint density at radius 1 is 0.250 bits per heavy atom. The Kier molecular flexibility index (Phi) is 9.62. The van der Waals surface area contributed by atoms with Crippen molar-refractivity contribution in [3.8, 4) is 56.4 Å². The van der Waals surface area contributed by atoms with E-state index in [1.54, 1.807) is 23.5 Å². The fourth-order valence-corrected chi connectivity index (χ4v) is 10.7. The Labute approximate surface area is 380 Å². The molecule has 2 aliphatic rings. The number of hydrogen-bond acceptors (Lipinski definition) is 7. The Bertz CT molecular complexity index is 3030. The predicted molar refractivity (Wildman–Crippen MR) is 265 cm³/mol. The van der Waals surface area contributed by atoms with Crippen LogP contribution in [-0.2, 0) is 0 Å². The number of fused-ring (bicyclic) bond motifs is 4. The van der Waals surface area contributed by atoms with Crippen LogP contribution < -0.4 is 9.80 Å². The number of para-hydroxylation sites is 4. The molecule has 0 saturated carbocycles. The molecule has 0 unspecified atom stereocenters. The van der Waals surface area contributed by atoms with E-state index in [-0.39, 0.29) is 0 Å². The van der Waals surface area contributed by atoms with Gasteiger partial charge in [0.2, 0.25) is 0 Å². The maximum absolute atomic E-state index is 5.35. The zero-order chi connectivity index (χ0) is 42.4. The van der Waals surface area contributed by atoms with Crippen LogP contribution in [0.2, 0.25) is 0 Å². The molecule has 2 aliphatic heterocycles. The molecule has 12 rings (SSSR count). The summed E-state index contributed by atoms with van der Waals surface area (Å²) < 4.78 is 0. The number of rotatable bonds is 7. The van der Waals surface area contributed by atoms with E-state index >= 15 is 0 Å². The van der Waals surface area contributed by atoms with Crippen LogP contribution >= 0.6 is 23.5 Å². The molecule has 7 heteroatoms. The lowest BCUT2D eigenvalue weighted by molar-refractivity contribution is 1.07. The molecule has 10 aromatic rings. The van der Waals surface area contributed by atoms with Gasteiger partial charge in [-0.1, -0.05) is 181 Å². The number of benzene rings is 9. The standard InChI is InChI=1S/C57H37N5S2/c1-3-15-38(16-4-1)40-27-31-42(32-28-40)55-58-56(43-33-29-41(30-34-43)39-17-5-2-6-18-39)60-57(59-55)44-35-45(61-47-19-7-11-23-51(47)63-52-24-12-8-20-48(52)61)37-46(36-44)62-49-21-9-13-25-53(49)64-54-26-14-10-22-50(54)62/h1-37H. The number of nitrogens with zero attached hydrogens (tertiary/aromatic N) is 5. The molecule has 0 radical (unpaired) electrons. The third-order valence-corrected chi connectivity index (χ3v) is 13.9. The summed E-state index contributed by atoms with van der Waals surface area (Å²) in [6, 6.07) is 79.4. The van der Waals surface area contributed by atoms with Gasteiger partial charge in [-0.2, -0.15) is 0 Å². The molecule has 0 bridgehead atoms. The summed E-state index contributed by atoms with van der Waals surface area (Å²) in [5, 5.41) is 0. The van der Waals surface area contributed by atoms with E-state index in [1.165, 1.54) is 19.6 Å². The lowest BCUT2D eigenvalue weighted by Crippen LogP contribution is -2.18. The molecule has 0 fully saturated rings. The molecule has 0 saturated heterocycles. The summed E-state index contributed by atoms with van der Waals surface area (Å²) in [5.74, 6) is 1.80. The molecule has 1 aromatic heterocycles. The zero-order valence-electron chi connectivity index (χ0n) is 34.4. The second-order valence-electron chi connectivity index (χ2n) is 15.7. The minimum Gasteiger partial charge on any atom is -0.308 e. The Morgan fingerprint density at radius 2 is 0.531 bits per heavy atom. The van der Waals surface area contributed by atoms with Crippen LogP contribution in [0.4, 0.5) is 34.1 Å². The largest absolute Gasteiger partial charge is 0.308 e. The maximum atomic E-state index is 5.35. The van der Waals surface area contributed by atoms with Crippen LogP contribution in [0, 0.1) is 0 Å². The highest BCUT2D eigenvalue weighted by Crippen LogP contribution is 2.55. The molecule has 0 N–H and O–H groups in total. The summed E-state index contributed by atoms with van der Waals surface area (Å²) in [5.41, 5.74) is 13.8. The van der Waals surface area contributed by atoms with E-state index in [1.807, 2.05) is 12.1 Å². The first-order valence-corrected chi connectivity index (χ1v) is 22.9. The zero-order valence-corrected chi connectivity index (χ0v) is 36.0. The smallest absolute Gasteiger partial charge is 0.164 e. The second-order valence-corrected chi connectivity index (χ2v) is 17.8. The highest BCUT2D eigenvalue weighted by atomic mass is 32.2. The van der Waals surface area contributed by atoms with Gasteiger partial charge in [0.25, 0.3) is 0 Å². The van der Waals surface area contributed by atoms with Gasteiger partial charge in [0.1, 0.15) is 0 Å². The average molecular weight is 856 g/mol. The van der Waals surface area contributed by atoms with E-state index in [0.29, 0.717) is 17.5 Å². The van der Waals surface area contributed by atoms with E-state index in [9.17, 15) is 0 Å². The number of anilines is 6. The molecule has 0 amide bonds. The molecule has 0 aliphatic carbocycles. The first kappa shape index (κ1) is 38.0. The second kappa shape index (κ2) is 16.2. The predicted octanol–water partition coefficient (Wildman–Crippen LogP) is 16.1. The SMILES string of the molecule is c1ccc(-c2ccc(-c3nc(-c4ccc(-c5ccccc5)cc4)nc(-c4cc(N5c6ccccc6Sc6ccccc65)cc(N5c6ccccc6Sc6ccccc65)c4)n3)cc2)cc1. The van der Waals surface area contributed by atoms with E-state index < -0.39 is 0 Å². The van der Waals surface area contributed by atoms with Crippen LogP contribution in [0.5, 0.6) is 0 Å². The molecular weight excluding hydrogens is 819 g/mol. The summed E-state index contributed by atoms with van der Waals surface area (Å²) in [7, 11) is 0. The minimum atomic E-state index is 0.586. The Morgan fingerprint density at radius 3 is 0.891 bits per heavy atom. The van der Waals surface area contributed by atoms with Gasteiger partial charge in [0, 0.05) is 47.6 Å². The number of hydrogen-bond donors (Lipinski definition) is 0. The van der Waals surface area contributed by atoms with Gasteiger partial charge in [-0.25, -0.2) is 15.0 Å². The Hall–Kier alpha value is -7.71. The molecule has 0 atom stereocenters. The summed E-state index contributed by atoms with van der Waals surface area (Å²) in [6.07, 6.45) is 0. The highest BCUT2D eigenvalue weighted by Gasteiger charge is 2.29. The molecule has 302 valence electrons. The third-order valence-electron chi connectivity index (χ3n) is 11.7. The normalized spacial score (nSPS) is 12.5. The lowest BCUT2D eigenvalue weighted by atomic mass is 10.0. The summed E-state index contributed by atoms with van der Waals surface area (Å²) >= 11 is 3.61. The van der Waals surface area contributed by atoms with Crippen molar-refractivity contribution in [3.63, 3.8) is 0 Å². The van der Waals surface area contributed by atoms with Crippen molar-refractivity contribution in [2.24, 2.45) is 0 Å². The van der Waals surface area contributed by atoms with E-state index in [0.717, 1.165) is 73.1 Å². The van der Waals surface area contributed by atoms with Gasteiger partial charge in [0.15, 0.2) is 17.5 Å². The van der Waals surface area contributed by atoms with Gasteiger partial charge in [-0.15, -0.1) is 0 Å². The molecular formula is C57H37N5S2. The van der Waals surface area contributed by atoms with Crippen molar-refractivity contribution < 1.29 is 0 Å². The monoisotopic (exact) mass is 855 g/mol. The molecule has 0 spiro atoms. The summed E-state index contributed by atoms with van der Waals surface area (Å²) in [6.45, 7) is 0. The van der Waals surface area contributed by atoms with Crippen LogP contribution in [0.3, 0.4) is 0 Å². The molecule has 3 heterocycles. The van der Waals surface area contributed by atoms with Crippen molar-refractivity contribution in [1.82, 2.24) is 15.0 Å². The first-order valence-electron chi connectivity index (χ1n) is 21.3. The van der Waals surface area contributed by atoms with Gasteiger partial charge in [0.05, 0.1) is 22.7 Å². The van der Waals surface area contributed by atoms with Crippen LogP contribution in [0.25, 0.3) is 56.4 Å². The topological polar surface area (TPSA) is 45.2 Å². The fraction of sp³-hybridized carbons (Fsp3) is 0. The van der Waals surface area contributed by atoms with E-state index in [2.05, 4.69) is 222 Å². The van der Waals surface area contributed by atoms with Gasteiger partial charge >= 0.3 is 0 Å². The third kappa shape index (κ3) is 7.01. The van der Waals surface area contributed by atoms with Crippen LogP contribution in [0.1, 0.15) is 0 Å². The van der Waals surface area contributed by atoms with Crippen LogP contribution in [-0.4, -0.2) is 15.0 Å². The van der Waals surface area contributed by atoms with Gasteiger partial charge in [-0.3, -0.25) is 0 Å². The van der Waals surface area contributed by atoms with Crippen molar-refractivity contribution in [2.45, 2.75) is 19.6 Å². The van der Waals surface area contributed by atoms with Crippen molar-refractivity contribution >= 4 is 57.6 Å². The molecule has 9 aromatic carbocycles. The van der Waals surface area contributed by atoms with Gasteiger partial charge < -0.3 is 9.80 Å². The van der Waals surface area contributed by atoms with Crippen molar-refractivity contribution in [2.75, 3.05) is 9.80 Å². The lowest BCUT2D eigenvalue weighted by Gasteiger charge is -2.36. The molecule has 64 heavy (non-hydrogen) atoms. The van der Waals surface area contributed by atoms with Gasteiger partial charge in [-0.05, 0) is 89.0 Å². The molecule has 5 nitrogen and oxygen atoms in total. The van der Waals surface area contributed by atoms with Crippen LogP contribution in [0.15, 0.2) is 244 Å². The minimum absolute atomic E-state index is 0.586. The van der Waals surface area contributed by atoms with E-state index in [4.69, 9.17) is 15.0 Å². The fourth-order valence-electron chi connectivity index (χ4n) is 8.60. The quantitative estimate of drug-likeness (QED) is 0.158. The average Bonchev–Trinajstić information content (AvgIpc) is 3.37.